The first kappa shape index (κ1) is 19.4. The number of amides is 1. The topological polar surface area (TPSA) is 38.8 Å². The third-order valence-electron chi connectivity index (χ3n) is 4.28. The monoisotopic (exact) mass is 397 g/mol. The summed E-state index contributed by atoms with van der Waals surface area (Å²) in [6, 6.07) is 10.1. The van der Waals surface area contributed by atoms with Gasteiger partial charge in [0.1, 0.15) is 16.9 Å². The van der Waals surface area contributed by atoms with E-state index in [1.54, 1.807) is 24.3 Å². The number of carbonyl (C=O) groups is 1. The van der Waals surface area contributed by atoms with Crippen molar-refractivity contribution in [1.82, 2.24) is 4.90 Å². The number of carbonyl (C=O) groups excluding carboxylic acids is 1. The van der Waals surface area contributed by atoms with Crippen LogP contribution in [0.4, 0.5) is 13.2 Å². The van der Waals surface area contributed by atoms with Gasteiger partial charge in [0.25, 0.3) is 5.91 Å². The molecule has 2 aromatic rings. The van der Waals surface area contributed by atoms with E-state index in [1.165, 1.54) is 43.0 Å². The van der Waals surface area contributed by atoms with Gasteiger partial charge in [-0.25, -0.2) is 0 Å². The van der Waals surface area contributed by atoms with Crippen molar-refractivity contribution in [3.8, 4) is 11.5 Å². The normalized spacial score (nSPS) is 17.1. The molecule has 27 heavy (non-hydrogen) atoms. The maximum absolute atomic E-state index is 13.4. The molecule has 1 aliphatic heterocycles. The quantitative estimate of drug-likeness (QED) is 0.755. The van der Waals surface area contributed by atoms with Gasteiger partial charge in [-0.2, -0.15) is 13.2 Å². The highest BCUT2D eigenvalue weighted by molar-refractivity contribution is 7.99. The Morgan fingerprint density at radius 1 is 1.11 bits per heavy atom. The van der Waals surface area contributed by atoms with E-state index in [0.717, 1.165) is 6.07 Å². The minimum Gasteiger partial charge on any atom is -0.497 e. The standard InChI is InChI=1S/C19H18F3NO3S/c1-25-13-9-12(10-14(11-13)26-2)17(24)23-7-8-27-18(23)15-5-3-4-6-16(15)19(20,21)22/h3-6,9-11,18H,7-8H2,1-2H3. The summed E-state index contributed by atoms with van der Waals surface area (Å²) in [5.74, 6) is 1.08. The molecule has 8 heteroatoms. The molecule has 0 aliphatic carbocycles. The minimum absolute atomic E-state index is 0.0933. The van der Waals surface area contributed by atoms with Crippen molar-refractivity contribution in [1.29, 1.82) is 0 Å². The number of ether oxygens (including phenoxy) is 2. The summed E-state index contributed by atoms with van der Waals surface area (Å²) in [5, 5.41) is -0.701. The number of nitrogens with zero attached hydrogens (tertiary/aromatic N) is 1. The summed E-state index contributed by atoms with van der Waals surface area (Å²) in [6.45, 7) is 0.361. The lowest BCUT2D eigenvalue weighted by Gasteiger charge is -2.26. The fraction of sp³-hybridized carbons (Fsp3) is 0.316. The van der Waals surface area contributed by atoms with Gasteiger partial charge in [-0.05, 0) is 23.8 Å². The third-order valence-corrected chi connectivity index (χ3v) is 5.52. The van der Waals surface area contributed by atoms with Gasteiger partial charge in [0.05, 0.1) is 19.8 Å². The molecule has 0 aromatic heterocycles. The Hall–Kier alpha value is -2.35. The van der Waals surface area contributed by atoms with E-state index in [0.29, 0.717) is 29.4 Å². The highest BCUT2D eigenvalue weighted by atomic mass is 32.2. The summed E-state index contributed by atoms with van der Waals surface area (Å²) in [4.78, 5) is 14.5. The number of halogens is 3. The summed E-state index contributed by atoms with van der Waals surface area (Å²) in [6.07, 6.45) is -4.48. The van der Waals surface area contributed by atoms with E-state index in [1.807, 2.05) is 0 Å². The Bertz CT molecular complexity index is 819. The second-order valence-electron chi connectivity index (χ2n) is 5.91. The first-order chi connectivity index (χ1) is 12.8. The molecule has 0 radical (unpaired) electrons. The maximum atomic E-state index is 13.4. The Morgan fingerprint density at radius 2 is 1.74 bits per heavy atom. The fourth-order valence-corrected chi connectivity index (χ4v) is 4.29. The van der Waals surface area contributed by atoms with E-state index >= 15 is 0 Å². The van der Waals surface area contributed by atoms with Crippen LogP contribution in [0.2, 0.25) is 0 Å². The summed E-state index contributed by atoms with van der Waals surface area (Å²) < 4.78 is 50.6. The van der Waals surface area contributed by atoms with Gasteiger partial charge in [-0.3, -0.25) is 4.79 Å². The first-order valence-corrected chi connectivity index (χ1v) is 9.22. The van der Waals surface area contributed by atoms with Crippen LogP contribution in [0, 0.1) is 0 Å². The Balaban J connectivity index is 1.97. The summed E-state index contributed by atoms with van der Waals surface area (Å²) in [7, 11) is 2.94. The van der Waals surface area contributed by atoms with Crippen molar-refractivity contribution in [2.24, 2.45) is 0 Å². The number of alkyl halides is 3. The highest BCUT2D eigenvalue weighted by Crippen LogP contribution is 2.44. The van der Waals surface area contributed by atoms with Crippen LogP contribution in [0.15, 0.2) is 42.5 Å². The van der Waals surface area contributed by atoms with Crippen LogP contribution >= 0.6 is 11.8 Å². The number of methoxy groups -OCH3 is 2. The molecule has 1 amide bonds. The molecular formula is C19H18F3NO3S. The molecule has 0 bridgehead atoms. The predicted molar refractivity (Wildman–Crippen MR) is 97.2 cm³/mol. The maximum Gasteiger partial charge on any atom is 0.416 e. The molecule has 1 fully saturated rings. The first-order valence-electron chi connectivity index (χ1n) is 8.17. The minimum atomic E-state index is -4.48. The van der Waals surface area contributed by atoms with E-state index in [2.05, 4.69) is 0 Å². The van der Waals surface area contributed by atoms with Gasteiger partial charge >= 0.3 is 6.18 Å². The van der Waals surface area contributed by atoms with Crippen LogP contribution in [-0.4, -0.2) is 37.3 Å². The number of thioether (sulfide) groups is 1. The average molecular weight is 397 g/mol. The Kier molecular flexibility index (Phi) is 5.55. The molecule has 1 unspecified atom stereocenters. The van der Waals surface area contributed by atoms with Crippen molar-refractivity contribution >= 4 is 17.7 Å². The molecule has 0 saturated carbocycles. The van der Waals surface area contributed by atoms with Gasteiger partial charge < -0.3 is 14.4 Å². The molecule has 144 valence electrons. The van der Waals surface area contributed by atoms with Gasteiger partial charge in [0.2, 0.25) is 0 Å². The zero-order chi connectivity index (χ0) is 19.6. The zero-order valence-corrected chi connectivity index (χ0v) is 15.6. The van der Waals surface area contributed by atoms with E-state index < -0.39 is 17.1 Å². The molecule has 1 saturated heterocycles. The lowest BCUT2D eigenvalue weighted by molar-refractivity contribution is -0.138. The van der Waals surface area contributed by atoms with Crippen LogP contribution in [0.3, 0.4) is 0 Å². The Morgan fingerprint density at radius 3 is 2.33 bits per heavy atom. The van der Waals surface area contributed by atoms with E-state index in [-0.39, 0.29) is 11.5 Å². The molecule has 0 spiro atoms. The van der Waals surface area contributed by atoms with Crippen molar-refractivity contribution in [3.63, 3.8) is 0 Å². The van der Waals surface area contributed by atoms with Crippen molar-refractivity contribution in [2.75, 3.05) is 26.5 Å². The summed E-state index contributed by atoms with van der Waals surface area (Å²) in [5.41, 5.74) is -0.315. The van der Waals surface area contributed by atoms with Crippen LogP contribution in [-0.2, 0) is 6.18 Å². The highest BCUT2D eigenvalue weighted by Gasteiger charge is 2.39. The SMILES string of the molecule is COc1cc(OC)cc(C(=O)N2CCSC2c2ccccc2C(F)(F)F)c1. The second-order valence-corrected chi connectivity index (χ2v) is 7.10. The van der Waals surface area contributed by atoms with Crippen molar-refractivity contribution in [2.45, 2.75) is 11.6 Å². The van der Waals surface area contributed by atoms with Crippen molar-refractivity contribution < 1.29 is 27.4 Å². The van der Waals surface area contributed by atoms with Gasteiger partial charge in [-0.15, -0.1) is 11.8 Å². The molecule has 4 nitrogen and oxygen atoms in total. The second kappa shape index (κ2) is 7.72. The number of hydrogen-bond acceptors (Lipinski definition) is 4. The molecular weight excluding hydrogens is 379 g/mol. The van der Waals surface area contributed by atoms with E-state index in [4.69, 9.17) is 9.47 Å². The molecule has 0 N–H and O–H groups in total. The van der Waals surface area contributed by atoms with Crippen LogP contribution in [0.1, 0.15) is 26.9 Å². The predicted octanol–water partition coefficient (Wildman–Crippen LogP) is 4.61. The molecule has 1 heterocycles. The van der Waals surface area contributed by atoms with Crippen molar-refractivity contribution in [3.05, 3.63) is 59.2 Å². The number of benzene rings is 2. The molecule has 1 aliphatic rings. The van der Waals surface area contributed by atoms with Gasteiger partial charge in [-0.1, -0.05) is 18.2 Å². The zero-order valence-electron chi connectivity index (χ0n) is 14.7. The van der Waals surface area contributed by atoms with Crippen LogP contribution in [0.5, 0.6) is 11.5 Å². The van der Waals surface area contributed by atoms with Crippen LogP contribution < -0.4 is 9.47 Å². The lowest BCUT2D eigenvalue weighted by Crippen LogP contribution is -2.31. The molecule has 3 rings (SSSR count). The fourth-order valence-electron chi connectivity index (χ4n) is 3.00. The lowest BCUT2D eigenvalue weighted by atomic mass is 10.1. The largest absolute Gasteiger partial charge is 0.497 e. The van der Waals surface area contributed by atoms with Gasteiger partial charge in [0.15, 0.2) is 0 Å². The molecule has 2 aromatic carbocycles. The summed E-state index contributed by atoms with van der Waals surface area (Å²) >= 11 is 1.32. The number of rotatable bonds is 4. The smallest absolute Gasteiger partial charge is 0.416 e. The average Bonchev–Trinajstić information content (AvgIpc) is 3.15. The van der Waals surface area contributed by atoms with Gasteiger partial charge in [0, 0.05) is 23.9 Å². The molecule has 1 atom stereocenters. The number of hydrogen-bond donors (Lipinski definition) is 0. The van der Waals surface area contributed by atoms with Crippen LogP contribution in [0.25, 0.3) is 0 Å². The third kappa shape index (κ3) is 4.00. The Labute approximate surface area is 159 Å². The van der Waals surface area contributed by atoms with E-state index in [9.17, 15) is 18.0 Å².